The van der Waals surface area contributed by atoms with Crippen molar-refractivity contribution in [1.29, 1.82) is 0 Å². The van der Waals surface area contributed by atoms with Crippen molar-refractivity contribution >= 4 is 5.91 Å². The summed E-state index contributed by atoms with van der Waals surface area (Å²) in [6.07, 6.45) is 3.51. The lowest BCUT2D eigenvalue weighted by Gasteiger charge is -2.24. The van der Waals surface area contributed by atoms with E-state index < -0.39 is 5.91 Å². The molecule has 0 spiro atoms. The van der Waals surface area contributed by atoms with Crippen molar-refractivity contribution < 1.29 is 4.79 Å². The van der Waals surface area contributed by atoms with Gasteiger partial charge in [-0.1, -0.05) is 0 Å². The molecule has 2 rings (SSSR count). The summed E-state index contributed by atoms with van der Waals surface area (Å²) in [6, 6.07) is 0. The topological polar surface area (TPSA) is 70.4 Å². The molecule has 64 valence electrons. The third-order valence-electron chi connectivity index (χ3n) is 1.86. The van der Waals surface area contributed by atoms with Crippen molar-refractivity contribution in [3.05, 3.63) is 23.7 Å². The molecule has 2 aliphatic rings. The van der Waals surface area contributed by atoms with E-state index in [1.807, 2.05) is 11.1 Å². The summed E-state index contributed by atoms with van der Waals surface area (Å²) in [5.41, 5.74) is 8.44. The van der Waals surface area contributed by atoms with Crippen LogP contribution in [0.5, 0.6) is 0 Å². The van der Waals surface area contributed by atoms with Crippen LogP contribution in [0.15, 0.2) is 23.7 Å². The van der Waals surface area contributed by atoms with E-state index in [1.54, 1.807) is 6.08 Å². The highest BCUT2D eigenvalue weighted by atomic mass is 16.1. The Morgan fingerprint density at radius 2 is 2.42 bits per heavy atom. The lowest BCUT2D eigenvalue weighted by Crippen LogP contribution is -2.40. The number of carbonyl (C=O) groups is 1. The second-order valence-electron chi connectivity index (χ2n) is 2.69. The van der Waals surface area contributed by atoms with Crippen LogP contribution in [0.1, 0.15) is 0 Å². The molecule has 1 fully saturated rings. The quantitative estimate of drug-likeness (QED) is 0.449. The zero-order valence-corrected chi connectivity index (χ0v) is 6.50. The van der Waals surface area contributed by atoms with Crippen LogP contribution in [0.4, 0.5) is 0 Å². The number of rotatable bonds is 1. The maximum Gasteiger partial charge on any atom is 0.266 e. The number of hydrogen-bond donors (Lipinski definition) is 3. The van der Waals surface area contributed by atoms with Gasteiger partial charge in [0.2, 0.25) is 0 Å². The van der Waals surface area contributed by atoms with Gasteiger partial charge in [-0.3, -0.25) is 15.2 Å². The van der Waals surface area contributed by atoms with E-state index in [2.05, 4.69) is 10.7 Å². The number of amides is 1. The summed E-state index contributed by atoms with van der Waals surface area (Å²) in [7, 11) is 0. The van der Waals surface area contributed by atoms with Crippen LogP contribution in [0.2, 0.25) is 0 Å². The fraction of sp³-hybridized carbons (Fsp3) is 0.286. The number of carbonyl (C=O) groups excluding carboxylic acids is 1. The summed E-state index contributed by atoms with van der Waals surface area (Å²) in [6.45, 7) is 1.73. The zero-order valence-electron chi connectivity index (χ0n) is 6.50. The average molecular weight is 166 g/mol. The molecule has 4 N–H and O–H groups in total. The third-order valence-corrected chi connectivity index (χ3v) is 1.86. The molecule has 5 heteroatoms. The summed E-state index contributed by atoms with van der Waals surface area (Å²) in [5.74, 6) is 0.553. The van der Waals surface area contributed by atoms with E-state index in [1.165, 1.54) is 0 Å². The molecular weight excluding hydrogens is 156 g/mol. The molecule has 0 aromatic carbocycles. The van der Waals surface area contributed by atoms with Crippen LogP contribution in [0.3, 0.4) is 0 Å². The first-order valence-corrected chi connectivity index (χ1v) is 3.77. The maximum atomic E-state index is 10.8. The first kappa shape index (κ1) is 7.02. The maximum absolute atomic E-state index is 10.8. The molecule has 0 unspecified atom stereocenters. The monoisotopic (exact) mass is 166 g/mol. The van der Waals surface area contributed by atoms with Gasteiger partial charge in [0.15, 0.2) is 0 Å². The number of fused-ring (bicyclic) bond motifs is 1. The van der Waals surface area contributed by atoms with Crippen molar-refractivity contribution in [1.82, 2.24) is 15.8 Å². The molecule has 1 saturated heterocycles. The minimum absolute atomic E-state index is 0.433. The molecule has 0 atom stereocenters. The Labute approximate surface area is 69.9 Å². The number of nitrogens with zero attached hydrogens (tertiary/aromatic N) is 1. The average Bonchev–Trinajstić information content (AvgIpc) is 2.49. The van der Waals surface area contributed by atoms with Gasteiger partial charge in [0.25, 0.3) is 5.91 Å². The van der Waals surface area contributed by atoms with Gasteiger partial charge in [0, 0.05) is 6.54 Å². The first-order chi connectivity index (χ1) is 5.77. The number of primary amides is 1. The van der Waals surface area contributed by atoms with E-state index in [0.29, 0.717) is 5.70 Å². The highest BCUT2D eigenvalue weighted by Crippen LogP contribution is 2.10. The number of allylic oxidation sites excluding steroid dienone is 2. The molecule has 0 aliphatic carbocycles. The summed E-state index contributed by atoms with van der Waals surface area (Å²) >= 11 is 0. The highest BCUT2D eigenvalue weighted by molar-refractivity contribution is 5.91. The van der Waals surface area contributed by atoms with Crippen molar-refractivity contribution in [2.24, 2.45) is 5.73 Å². The number of nitrogens with one attached hydrogen (secondary N) is 2. The van der Waals surface area contributed by atoms with Gasteiger partial charge in [0.05, 0.1) is 6.54 Å². The second-order valence-corrected chi connectivity index (χ2v) is 2.69. The molecule has 12 heavy (non-hydrogen) atoms. The zero-order chi connectivity index (χ0) is 8.55. The van der Waals surface area contributed by atoms with Gasteiger partial charge in [-0.25, -0.2) is 0 Å². The number of nitrogens with two attached hydrogens (primary N) is 1. The van der Waals surface area contributed by atoms with Gasteiger partial charge in [0.1, 0.15) is 11.5 Å². The Morgan fingerprint density at radius 1 is 1.58 bits per heavy atom. The Morgan fingerprint density at radius 3 is 3.17 bits per heavy atom. The number of hydrazine groups is 1. The Bertz CT molecular complexity index is 281. The van der Waals surface area contributed by atoms with Crippen molar-refractivity contribution in [2.45, 2.75) is 0 Å². The van der Waals surface area contributed by atoms with Gasteiger partial charge >= 0.3 is 0 Å². The van der Waals surface area contributed by atoms with Crippen molar-refractivity contribution in [3.63, 3.8) is 0 Å². The van der Waals surface area contributed by atoms with Gasteiger partial charge in [-0.15, -0.1) is 0 Å². The number of hydrogen-bond acceptors (Lipinski definition) is 4. The molecule has 5 nitrogen and oxygen atoms in total. The van der Waals surface area contributed by atoms with Crippen LogP contribution in [-0.4, -0.2) is 24.0 Å². The van der Waals surface area contributed by atoms with Gasteiger partial charge < -0.3 is 11.1 Å². The van der Waals surface area contributed by atoms with E-state index in [4.69, 9.17) is 5.73 Å². The second kappa shape index (κ2) is 2.44. The summed E-state index contributed by atoms with van der Waals surface area (Å²) in [5, 5.41) is 5.01. The molecule has 0 aromatic heterocycles. The summed E-state index contributed by atoms with van der Waals surface area (Å²) < 4.78 is 0. The van der Waals surface area contributed by atoms with E-state index in [-0.39, 0.29) is 0 Å². The normalized spacial score (nSPS) is 20.2. The lowest BCUT2D eigenvalue weighted by atomic mass is 10.3. The first-order valence-electron chi connectivity index (χ1n) is 3.77. The molecule has 2 aliphatic heterocycles. The Hall–Kier alpha value is -1.65. The predicted octanol–water partition coefficient (Wildman–Crippen LogP) is -1.38. The highest BCUT2D eigenvalue weighted by Gasteiger charge is 2.20. The third kappa shape index (κ3) is 0.990. The molecule has 0 aromatic rings. The fourth-order valence-electron chi connectivity index (χ4n) is 1.26. The largest absolute Gasteiger partial charge is 0.369 e. The minimum atomic E-state index is -0.433. The van der Waals surface area contributed by atoms with Crippen LogP contribution in [-0.2, 0) is 4.79 Å². The summed E-state index contributed by atoms with van der Waals surface area (Å²) in [4.78, 5) is 10.8. The lowest BCUT2D eigenvalue weighted by molar-refractivity contribution is -0.115. The molecule has 0 saturated carbocycles. The minimum Gasteiger partial charge on any atom is -0.369 e. The molecule has 2 heterocycles. The predicted molar refractivity (Wildman–Crippen MR) is 43.2 cm³/mol. The molecule has 0 radical (unpaired) electrons. The van der Waals surface area contributed by atoms with Crippen LogP contribution < -0.4 is 16.5 Å². The van der Waals surface area contributed by atoms with E-state index >= 15 is 0 Å². The van der Waals surface area contributed by atoms with Gasteiger partial charge in [-0.2, -0.15) is 0 Å². The van der Waals surface area contributed by atoms with Crippen LogP contribution >= 0.6 is 0 Å². The van der Waals surface area contributed by atoms with Crippen LogP contribution in [0, 0.1) is 0 Å². The Balaban J connectivity index is 2.20. The fourth-order valence-corrected chi connectivity index (χ4v) is 1.26. The molecular formula is C7H10N4O. The van der Waals surface area contributed by atoms with Crippen molar-refractivity contribution in [2.75, 3.05) is 13.1 Å². The molecule has 1 amide bonds. The smallest absolute Gasteiger partial charge is 0.266 e. The van der Waals surface area contributed by atoms with Crippen molar-refractivity contribution in [3.8, 4) is 0 Å². The standard InChI is InChI=1S/C7H10N4O/c8-7(12)5-1-2-6-9-3-4-11(6)10-5/h1-2,9-10H,3-4H2,(H2,8,12). The van der Waals surface area contributed by atoms with E-state index in [9.17, 15) is 4.79 Å². The van der Waals surface area contributed by atoms with Gasteiger partial charge in [-0.05, 0) is 12.2 Å². The Kier molecular flexibility index (Phi) is 1.43. The van der Waals surface area contributed by atoms with Crippen LogP contribution in [0.25, 0.3) is 0 Å². The molecule has 0 bridgehead atoms. The van der Waals surface area contributed by atoms with E-state index in [0.717, 1.165) is 18.9 Å². The SMILES string of the molecule is NC(=O)C1=CC=C2NCCN2N1.